The summed E-state index contributed by atoms with van der Waals surface area (Å²) in [6.45, 7) is 5.34. The first kappa shape index (κ1) is 19.5. The number of nitrogens with one attached hydrogen (secondary N) is 2. The molecular formula is C19H31N5O3. The molecule has 1 aromatic rings. The minimum absolute atomic E-state index is 0.0582. The Hall–Kier alpha value is -2.25. The van der Waals surface area contributed by atoms with Crippen molar-refractivity contribution in [1.29, 1.82) is 0 Å². The van der Waals surface area contributed by atoms with Gasteiger partial charge in [0, 0.05) is 25.2 Å². The highest BCUT2D eigenvalue weighted by molar-refractivity contribution is 5.88. The summed E-state index contributed by atoms with van der Waals surface area (Å²) in [7, 11) is 0. The van der Waals surface area contributed by atoms with Gasteiger partial charge in [0.2, 0.25) is 0 Å². The van der Waals surface area contributed by atoms with E-state index >= 15 is 0 Å². The van der Waals surface area contributed by atoms with Gasteiger partial charge in [-0.3, -0.25) is 5.32 Å². The Morgan fingerprint density at radius 3 is 2.56 bits per heavy atom. The first-order chi connectivity index (χ1) is 13.1. The first-order valence-electron chi connectivity index (χ1n) is 10.1. The van der Waals surface area contributed by atoms with E-state index in [1.54, 1.807) is 11.8 Å². The van der Waals surface area contributed by atoms with E-state index in [4.69, 9.17) is 4.74 Å². The van der Waals surface area contributed by atoms with Crippen molar-refractivity contribution in [2.75, 3.05) is 25.0 Å². The van der Waals surface area contributed by atoms with E-state index in [1.165, 1.54) is 19.3 Å². The number of nitrogens with zero attached hydrogens (tertiary/aromatic N) is 3. The number of hydrogen-bond donors (Lipinski definition) is 2. The zero-order valence-electron chi connectivity index (χ0n) is 16.4. The highest BCUT2D eigenvalue weighted by Crippen LogP contribution is 2.30. The number of urea groups is 1. The van der Waals surface area contributed by atoms with Crippen molar-refractivity contribution in [3.8, 4) is 0 Å². The molecule has 8 heteroatoms. The lowest BCUT2D eigenvalue weighted by Gasteiger charge is -2.31. The molecule has 1 aliphatic heterocycles. The van der Waals surface area contributed by atoms with Gasteiger partial charge in [0.1, 0.15) is 5.82 Å². The van der Waals surface area contributed by atoms with Crippen LogP contribution in [0, 0.1) is 6.92 Å². The molecule has 1 saturated heterocycles. The van der Waals surface area contributed by atoms with Crippen LogP contribution in [0.1, 0.15) is 63.6 Å². The fraction of sp³-hybridized carbons (Fsp3) is 0.737. The van der Waals surface area contributed by atoms with Crippen LogP contribution in [0.2, 0.25) is 0 Å². The number of rotatable bonds is 4. The minimum atomic E-state index is -0.271. The predicted molar refractivity (Wildman–Crippen MR) is 103 cm³/mol. The van der Waals surface area contributed by atoms with Gasteiger partial charge in [-0.15, -0.1) is 0 Å². The normalized spacial score (nSPS) is 19.0. The van der Waals surface area contributed by atoms with Crippen LogP contribution < -0.4 is 10.6 Å². The van der Waals surface area contributed by atoms with Gasteiger partial charge in [0.05, 0.1) is 18.3 Å². The smallest absolute Gasteiger partial charge is 0.409 e. The fourth-order valence-electron chi connectivity index (χ4n) is 3.97. The number of hydrogen-bond acceptors (Lipinski definition) is 4. The van der Waals surface area contributed by atoms with Crippen LogP contribution in [0.15, 0.2) is 6.07 Å². The largest absolute Gasteiger partial charge is 0.450 e. The molecule has 2 fully saturated rings. The van der Waals surface area contributed by atoms with Crippen LogP contribution in [0.5, 0.6) is 0 Å². The van der Waals surface area contributed by atoms with Crippen molar-refractivity contribution in [1.82, 2.24) is 20.0 Å². The summed E-state index contributed by atoms with van der Waals surface area (Å²) in [5.74, 6) is 0.765. The summed E-state index contributed by atoms with van der Waals surface area (Å²) >= 11 is 0. The second kappa shape index (κ2) is 9.10. The second-order valence-corrected chi connectivity index (χ2v) is 7.47. The molecule has 1 aromatic heterocycles. The van der Waals surface area contributed by atoms with E-state index < -0.39 is 0 Å². The molecular weight excluding hydrogens is 346 g/mol. The molecule has 3 amide bonds. The van der Waals surface area contributed by atoms with Gasteiger partial charge in [-0.2, -0.15) is 5.10 Å². The number of carbonyl (C=O) groups is 2. The van der Waals surface area contributed by atoms with Crippen molar-refractivity contribution < 1.29 is 14.3 Å². The Kier molecular flexibility index (Phi) is 6.58. The Balaban J connectivity index is 1.51. The topological polar surface area (TPSA) is 88.5 Å². The molecule has 0 unspecified atom stereocenters. The molecule has 1 aliphatic carbocycles. The highest BCUT2D eigenvalue weighted by Gasteiger charge is 2.25. The van der Waals surface area contributed by atoms with Gasteiger partial charge >= 0.3 is 12.1 Å². The standard InChI is InChI=1S/C19H31N5O3/c1-3-27-19(26)23-11-9-15(10-12-23)20-18(25)21-17-13-14(2)22-24(17)16-7-5-4-6-8-16/h13,15-16H,3-12H2,1-2H3,(H2,20,21,25). The van der Waals surface area contributed by atoms with Gasteiger partial charge in [0.25, 0.3) is 0 Å². The molecule has 2 heterocycles. The van der Waals surface area contributed by atoms with E-state index in [1.807, 2.05) is 17.7 Å². The first-order valence-corrected chi connectivity index (χ1v) is 10.1. The number of carbonyl (C=O) groups excluding carboxylic acids is 2. The lowest BCUT2D eigenvalue weighted by atomic mass is 9.96. The summed E-state index contributed by atoms with van der Waals surface area (Å²) in [6.07, 6.45) is 7.13. The molecule has 0 radical (unpaired) electrons. The SMILES string of the molecule is CCOC(=O)N1CCC(NC(=O)Nc2cc(C)nn2C2CCCCC2)CC1. The number of aromatic nitrogens is 2. The monoisotopic (exact) mass is 377 g/mol. The quantitative estimate of drug-likeness (QED) is 0.841. The van der Waals surface area contributed by atoms with E-state index in [-0.39, 0.29) is 18.2 Å². The molecule has 0 spiro atoms. The second-order valence-electron chi connectivity index (χ2n) is 7.47. The molecule has 0 bridgehead atoms. The van der Waals surface area contributed by atoms with Crippen LogP contribution in [-0.2, 0) is 4.74 Å². The Morgan fingerprint density at radius 1 is 1.19 bits per heavy atom. The maximum atomic E-state index is 12.5. The predicted octanol–water partition coefficient (Wildman–Crippen LogP) is 3.44. The maximum absolute atomic E-state index is 12.5. The van der Waals surface area contributed by atoms with Crippen molar-refractivity contribution in [3.05, 3.63) is 11.8 Å². The molecule has 2 aliphatic rings. The van der Waals surface area contributed by atoms with E-state index in [0.717, 1.165) is 37.2 Å². The van der Waals surface area contributed by atoms with Crippen LogP contribution in [-0.4, -0.2) is 52.5 Å². The Bertz CT molecular complexity index is 646. The van der Waals surface area contributed by atoms with E-state index in [2.05, 4.69) is 15.7 Å². The minimum Gasteiger partial charge on any atom is -0.450 e. The molecule has 1 saturated carbocycles. The van der Waals surface area contributed by atoms with Crippen molar-refractivity contribution in [2.45, 2.75) is 70.9 Å². The highest BCUT2D eigenvalue weighted by atomic mass is 16.6. The average Bonchev–Trinajstić information content (AvgIpc) is 3.03. The molecule has 8 nitrogen and oxygen atoms in total. The number of anilines is 1. The third-order valence-corrected chi connectivity index (χ3v) is 5.38. The fourth-order valence-corrected chi connectivity index (χ4v) is 3.97. The number of aryl methyl sites for hydroxylation is 1. The van der Waals surface area contributed by atoms with E-state index in [0.29, 0.717) is 25.7 Å². The summed E-state index contributed by atoms with van der Waals surface area (Å²) in [6, 6.07) is 2.15. The third-order valence-electron chi connectivity index (χ3n) is 5.38. The molecule has 27 heavy (non-hydrogen) atoms. The van der Waals surface area contributed by atoms with E-state index in [9.17, 15) is 9.59 Å². The Morgan fingerprint density at radius 2 is 1.89 bits per heavy atom. The maximum Gasteiger partial charge on any atom is 0.409 e. The third kappa shape index (κ3) is 5.14. The van der Waals surface area contributed by atoms with Crippen LogP contribution in [0.3, 0.4) is 0 Å². The molecule has 2 N–H and O–H groups in total. The lowest BCUT2D eigenvalue weighted by Crippen LogP contribution is -2.47. The zero-order chi connectivity index (χ0) is 19.2. The van der Waals surface area contributed by atoms with Gasteiger partial charge in [-0.1, -0.05) is 19.3 Å². The zero-order valence-corrected chi connectivity index (χ0v) is 16.4. The van der Waals surface area contributed by atoms with Crippen molar-refractivity contribution in [2.24, 2.45) is 0 Å². The average molecular weight is 377 g/mol. The van der Waals surface area contributed by atoms with Crippen LogP contribution in [0.4, 0.5) is 15.4 Å². The van der Waals surface area contributed by atoms with Crippen LogP contribution >= 0.6 is 0 Å². The number of likely N-dealkylation sites (tertiary alicyclic amines) is 1. The van der Waals surface area contributed by atoms with Gasteiger partial charge in [0.15, 0.2) is 0 Å². The summed E-state index contributed by atoms with van der Waals surface area (Å²) in [4.78, 5) is 25.9. The van der Waals surface area contributed by atoms with Crippen molar-refractivity contribution in [3.63, 3.8) is 0 Å². The number of amides is 3. The molecule has 3 rings (SSSR count). The summed E-state index contributed by atoms with van der Waals surface area (Å²) in [5, 5.41) is 10.6. The van der Waals surface area contributed by atoms with Gasteiger partial charge in [-0.25, -0.2) is 14.3 Å². The molecule has 0 aromatic carbocycles. The van der Waals surface area contributed by atoms with Crippen molar-refractivity contribution >= 4 is 17.9 Å². The van der Waals surface area contributed by atoms with Gasteiger partial charge in [-0.05, 0) is 39.5 Å². The van der Waals surface area contributed by atoms with Gasteiger partial charge < -0.3 is 15.0 Å². The molecule has 150 valence electrons. The molecule has 0 atom stereocenters. The summed E-state index contributed by atoms with van der Waals surface area (Å²) < 4.78 is 7.01. The Labute approximate surface area is 160 Å². The number of piperidine rings is 1. The van der Waals surface area contributed by atoms with Crippen LogP contribution in [0.25, 0.3) is 0 Å². The number of ether oxygens (including phenoxy) is 1. The lowest BCUT2D eigenvalue weighted by molar-refractivity contribution is 0.0959. The summed E-state index contributed by atoms with van der Waals surface area (Å²) in [5.41, 5.74) is 0.915.